The number of nitrogens with one attached hydrogen (secondary N) is 1. The van der Waals surface area contributed by atoms with Gasteiger partial charge in [0, 0.05) is 11.1 Å². The van der Waals surface area contributed by atoms with Crippen molar-refractivity contribution < 1.29 is 9.90 Å². The number of rotatable bonds is 5. The van der Waals surface area contributed by atoms with Crippen LogP contribution in [0, 0.1) is 5.92 Å². The number of phenols is 1. The molecule has 1 aromatic rings. The van der Waals surface area contributed by atoms with E-state index in [0.717, 1.165) is 12.8 Å². The molecule has 0 aromatic heterocycles. The average Bonchev–Trinajstić information content (AvgIpc) is 2.26. The zero-order chi connectivity index (χ0) is 13.7. The molecule has 0 radical (unpaired) electrons. The summed E-state index contributed by atoms with van der Waals surface area (Å²) in [7, 11) is 0. The van der Waals surface area contributed by atoms with Crippen LogP contribution in [-0.2, 0) is 0 Å². The van der Waals surface area contributed by atoms with Crippen molar-refractivity contribution in [1.82, 2.24) is 5.32 Å². The molecular formula is C14H20ClNO2. The van der Waals surface area contributed by atoms with Gasteiger partial charge in [-0.25, -0.2) is 0 Å². The first kappa shape index (κ1) is 14.8. The first-order chi connectivity index (χ1) is 8.40. The second-order valence-corrected chi connectivity index (χ2v) is 5.44. The lowest BCUT2D eigenvalue weighted by molar-refractivity contribution is 0.0934. The first-order valence-corrected chi connectivity index (χ1v) is 6.57. The lowest BCUT2D eigenvalue weighted by atomic mass is 10.0. The number of carbonyl (C=O) groups is 1. The molecule has 0 aliphatic heterocycles. The molecule has 1 unspecified atom stereocenters. The molecule has 1 amide bonds. The fraction of sp³-hybridized carbons (Fsp3) is 0.500. The van der Waals surface area contributed by atoms with Gasteiger partial charge in [0.05, 0.1) is 5.56 Å². The summed E-state index contributed by atoms with van der Waals surface area (Å²) in [6, 6.07) is 4.59. The number of phenolic OH excluding ortho intramolecular Hbond substituents is 1. The van der Waals surface area contributed by atoms with Crippen molar-refractivity contribution in [2.75, 3.05) is 0 Å². The third-order valence-electron chi connectivity index (χ3n) is 2.76. The van der Waals surface area contributed by atoms with Crippen LogP contribution in [0.15, 0.2) is 18.2 Å². The Bertz CT molecular complexity index is 418. The molecule has 1 rings (SSSR count). The van der Waals surface area contributed by atoms with Crippen molar-refractivity contribution in [2.24, 2.45) is 5.92 Å². The molecule has 18 heavy (non-hydrogen) atoms. The summed E-state index contributed by atoms with van der Waals surface area (Å²) < 4.78 is 0. The maximum atomic E-state index is 11.9. The van der Waals surface area contributed by atoms with Gasteiger partial charge in [-0.3, -0.25) is 4.79 Å². The maximum absolute atomic E-state index is 11.9. The van der Waals surface area contributed by atoms with E-state index in [1.807, 2.05) is 6.92 Å². The number of halogens is 1. The van der Waals surface area contributed by atoms with Crippen molar-refractivity contribution in [3.8, 4) is 5.75 Å². The summed E-state index contributed by atoms with van der Waals surface area (Å²) in [5.41, 5.74) is 0.260. The summed E-state index contributed by atoms with van der Waals surface area (Å²) in [4.78, 5) is 11.9. The van der Waals surface area contributed by atoms with Crippen LogP contribution < -0.4 is 5.32 Å². The van der Waals surface area contributed by atoms with E-state index >= 15 is 0 Å². The molecule has 0 fully saturated rings. The molecule has 1 atom stereocenters. The zero-order valence-corrected chi connectivity index (χ0v) is 11.8. The Hall–Kier alpha value is -1.22. The van der Waals surface area contributed by atoms with Crippen molar-refractivity contribution in [3.63, 3.8) is 0 Å². The SMILES string of the molecule is CC(C)CCC(C)NC(=O)c1ccc(Cl)cc1O. The molecule has 0 aliphatic carbocycles. The molecule has 2 N–H and O–H groups in total. The Morgan fingerprint density at radius 1 is 1.33 bits per heavy atom. The third kappa shape index (κ3) is 4.57. The molecule has 0 heterocycles. The van der Waals surface area contributed by atoms with E-state index in [2.05, 4.69) is 19.2 Å². The number of benzene rings is 1. The van der Waals surface area contributed by atoms with Gasteiger partial charge in [0.2, 0.25) is 0 Å². The predicted octanol–water partition coefficient (Wildman–Crippen LogP) is 3.60. The maximum Gasteiger partial charge on any atom is 0.255 e. The number of hydrogen-bond donors (Lipinski definition) is 2. The van der Waals surface area contributed by atoms with Gasteiger partial charge < -0.3 is 10.4 Å². The van der Waals surface area contributed by atoms with Crippen LogP contribution in [0.3, 0.4) is 0 Å². The lowest BCUT2D eigenvalue weighted by Crippen LogP contribution is -2.32. The van der Waals surface area contributed by atoms with Crippen LogP contribution >= 0.6 is 11.6 Å². The predicted molar refractivity (Wildman–Crippen MR) is 74.1 cm³/mol. The highest BCUT2D eigenvalue weighted by molar-refractivity contribution is 6.30. The van der Waals surface area contributed by atoms with Gasteiger partial charge in [-0.1, -0.05) is 25.4 Å². The fourth-order valence-corrected chi connectivity index (χ4v) is 1.82. The third-order valence-corrected chi connectivity index (χ3v) is 2.99. The molecule has 1 aromatic carbocycles. The summed E-state index contributed by atoms with van der Waals surface area (Å²) in [5, 5.41) is 12.9. The second-order valence-electron chi connectivity index (χ2n) is 5.01. The van der Waals surface area contributed by atoms with Crippen LogP contribution in [0.2, 0.25) is 5.02 Å². The molecule has 0 saturated carbocycles. The van der Waals surface area contributed by atoms with Crippen molar-refractivity contribution in [2.45, 2.75) is 39.7 Å². The highest BCUT2D eigenvalue weighted by Crippen LogP contribution is 2.22. The highest BCUT2D eigenvalue weighted by atomic mass is 35.5. The summed E-state index contributed by atoms with van der Waals surface area (Å²) >= 11 is 5.72. The van der Waals surface area contributed by atoms with Gasteiger partial charge in [0.15, 0.2) is 0 Å². The van der Waals surface area contributed by atoms with Crippen LogP contribution in [-0.4, -0.2) is 17.1 Å². The Balaban J connectivity index is 2.59. The monoisotopic (exact) mass is 269 g/mol. The van der Waals surface area contributed by atoms with E-state index < -0.39 is 0 Å². The van der Waals surface area contributed by atoms with Crippen LogP contribution in [0.5, 0.6) is 5.75 Å². The topological polar surface area (TPSA) is 49.3 Å². The number of amides is 1. The average molecular weight is 270 g/mol. The van der Waals surface area contributed by atoms with E-state index in [4.69, 9.17) is 11.6 Å². The quantitative estimate of drug-likeness (QED) is 0.858. The lowest BCUT2D eigenvalue weighted by Gasteiger charge is -2.15. The minimum atomic E-state index is -0.263. The van der Waals surface area contributed by atoms with Gasteiger partial charge in [0.1, 0.15) is 5.75 Å². The van der Waals surface area contributed by atoms with Gasteiger partial charge in [-0.2, -0.15) is 0 Å². The van der Waals surface area contributed by atoms with E-state index in [1.165, 1.54) is 12.1 Å². The molecule has 4 heteroatoms. The van der Waals surface area contributed by atoms with E-state index in [0.29, 0.717) is 10.9 Å². The van der Waals surface area contributed by atoms with Crippen molar-refractivity contribution in [3.05, 3.63) is 28.8 Å². The van der Waals surface area contributed by atoms with Gasteiger partial charge >= 0.3 is 0 Å². The highest BCUT2D eigenvalue weighted by Gasteiger charge is 2.14. The zero-order valence-electron chi connectivity index (χ0n) is 11.0. The van der Waals surface area contributed by atoms with Crippen LogP contribution in [0.25, 0.3) is 0 Å². The molecule has 0 aliphatic rings. The van der Waals surface area contributed by atoms with E-state index in [9.17, 15) is 9.90 Å². The minimum absolute atomic E-state index is 0.0870. The van der Waals surface area contributed by atoms with Crippen molar-refractivity contribution >= 4 is 17.5 Å². The van der Waals surface area contributed by atoms with Gasteiger partial charge in [0.25, 0.3) is 5.91 Å². The molecule has 0 bridgehead atoms. The molecular weight excluding hydrogens is 250 g/mol. The van der Waals surface area contributed by atoms with Crippen LogP contribution in [0.1, 0.15) is 44.0 Å². The standard InChI is InChI=1S/C14H20ClNO2/c1-9(2)4-5-10(3)16-14(18)12-7-6-11(15)8-13(12)17/h6-10,17H,4-5H2,1-3H3,(H,16,18). The summed E-state index contributed by atoms with van der Waals surface area (Å²) in [6.45, 7) is 6.27. The first-order valence-electron chi connectivity index (χ1n) is 6.19. The number of aromatic hydroxyl groups is 1. The molecule has 3 nitrogen and oxygen atoms in total. The van der Waals surface area contributed by atoms with Crippen molar-refractivity contribution in [1.29, 1.82) is 0 Å². The second kappa shape index (κ2) is 6.64. The Kier molecular flexibility index (Phi) is 5.48. The number of carbonyl (C=O) groups excluding carboxylic acids is 1. The molecule has 0 spiro atoms. The van der Waals surface area contributed by atoms with Gasteiger partial charge in [-0.15, -0.1) is 0 Å². The van der Waals surface area contributed by atoms with Gasteiger partial charge in [-0.05, 0) is 43.9 Å². The van der Waals surface area contributed by atoms with E-state index in [-0.39, 0.29) is 23.3 Å². The number of hydrogen-bond acceptors (Lipinski definition) is 2. The molecule has 0 saturated heterocycles. The molecule has 100 valence electrons. The van der Waals surface area contributed by atoms with E-state index in [1.54, 1.807) is 6.07 Å². The van der Waals surface area contributed by atoms with Crippen LogP contribution in [0.4, 0.5) is 0 Å². The summed E-state index contributed by atoms with van der Waals surface area (Å²) in [5.74, 6) is 0.268. The normalized spacial score (nSPS) is 12.5. The Labute approximate surface area is 113 Å². The minimum Gasteiger partial charge on any atom is -0.507 e. The Morgan fingerprint density at radius 2 is 2.00 bits per heavy atom. The Morgan fingerprint density at radius 3 is 2.56 bits per heavy atom. The fourth-order valence-electron chi connectivity index (χ4n) is 1.65. The summed E-state index contributed by atoms with van der Waals surface area (Å²) in [6.07, 6.45) is 1.99. The smallest absolute Gasteiger partial charge is 0.255 e. The largest absolute Gasteiger partial charge is 0.507 e.